The topological polar surface area (TPSA) is 83.3 Å². The van der Waals surface area contributed by atoms with E-state index in [0.29, 0.717) is 5.96 Å². The molecule has 3 N–H and O–H groups in total. The molecule has 7 nitrogen and oxygen atoms in total. The number of carbonyl (C=O) groups excluding carboxylic acids is 1. The third-order valence-corrected chi connectivity index (χ3v) is 2.57. The first-order valence-corrected chi connectivity index (χ1v) is 7.13. The summed E-state index contributed by atoms with van der Waals surface area (Å²) in [7, 11) is 1.69. The standard InChI is InChI=1S/C14H26N6O/c1-14(2,3)19-12(21)11-17-13(15-4)16-7-5-9-20-10-6-8-18-20/h6,8,10H,5,7,9,11H2,1-4H3,(H,19,21)(H2,15,16,17). The summed E-state index contributed by atoms with van der Waals surface area (Å²) < 4.78 is 1.88. The Hall–Kier alpha value is -2.05. The maximum atomic E-state index is 11.7. The fourth-order valence-electron chi connectivity index (χ4n) is 1.73. The van der Waals surface area contributed by atoms with Gasteiger partial charge in [-0.15, -0.1) is 0 Å². The SMILES string of the molecule is CN=C(NCCCn1cccn1)NCC(=O)NC(C)(C)C. The number of aromatic nitrogens is 2. The first-order chi connectivity index (χ1) is 9.90. The summed E-state index contributed by atoms with van der Waals surface area (Å²) >= 11 is 0. The second-order valence-electron chi connectivity index (χ2n) is 5.77. The molecule has 1 aromatic rings. The van der Waals surface area contributed by atoms with Crippen LogP contribution in [-0.4, -0.2) is 47.3 Å². The molecule has 118 valence electrons. The highest BCUT2D eigenvalue weighted by Crippen LogP contribution is 1.97. The third kappa shape index (κ3) is 7.96. The Balaban J connectivity index is 2.18. The van der Waals surface area contributed by atoms with Crippen LogP contribution < -0.4 is 16.0 Å². The average molecular weight is 294 g/mol. The Labute approximate surface area is 126 Å². The largest absolute Gasteiger partial charge is 0.356 e. The second-order valence-corrected chi connectivity index (χ2v) is 5.77. The Morgan fingerprint density at radius 2 is 2.10 bits per heavy atom. The van der Waals surface area contributed by atoms with E-state index in [2.05, 4.69) is 26.0 Å². The minimum absolute atomic E-state index is 0.0537. The van der Waals surface area contributed by atoms with E-state index in [9.17, 15) is 4.79 Å². The number of nitrogens with one attached hydrogen (secondary N) is 3. The van der Waals surface area contributed by atoms with Crippen LogP contribution >= 0.6 is 0 Å². The number of aryl methyl sites for hydroxylation is 1. The van der Waals surface area contributed by atoms with Crippen molar-refractivity contribution >= 4 is 11.9 Å². The van der Waals surface area contributed by atoms with Gasteiger partial charge in [0, 0.05) is 38.1 Å². The lowest BCUT2D eigenvalue weighted by molar-refractivity contribution is -0.121. The van der Waals surface area contributed by atoms with Gasteiger partial charge in [0.25, 0.3) is 0 Å². The zero-order chi connectivity index (χ0) is 15.7. The van der Waals surface area contributed by atoms with E-state index in [0.717, 1.165) is 19.5 Å². The van der Waals surface area contributed by atoms with Gasteiger partial charge in [0.15, 0.2) is 5.96 Å². The van der Waals surface area contributed by atoms with Crippen molar-refractivity contribution in [3.8, 4) is 0 Å². The molecule has 0 aliphatic heterocycles. The van der Waals surface area contributed by atoms with Gasteiger partial charge in [-0.05, 0) is 33.3 Å². The normalized spacial score (nSPS) is 12.1. The predicted molar refractivity (Wildman–Crippen MR) is 84.1 cm³/mol. The summed E-state index contributed by atoms with van der Waals surface area (Å²) in [6.45, 7) is 7.67. The number of rotatable bonds is 6. The molecule has 0 aliphatic carbocycles. The molecule has 7 heteroatoms. The lowest BCUT2D eigenvalue weighted by Gasteiger charge is -2.21. The van der Waals surface area contributed by atoms with Crippen molar-refractivity contribution in [3.05, 3.63) is 18.5 Å². The van der Waals surface area contributed by atoms with Crippen molar-refractivity contribution < 1.29 is 4.79 Å². The highest BCUT2D eigenvalue weighted by Gasteiger charge is 2.13. The number of guanidine groups is 1. The lowest BCUT2D eigenvalue weighted by Crippen LogP contribution is -2.48. The molecule has 0 radical (unpaired) electrons. The van der Waals surface area contributed by atoms with Gasteiger partial charge >= 0.3 is 0 Å². The van der Waals surface area contributed by atoms with Gasteiger partial charge in [0.05, 0.1) is 6.54 Å². The Kier molecular flexibility index (Phi) is 6.71. The maximum absolute atomic E-state index is 11.7. The van der Waals surface area contributed by atoms with Gasteiger partial charge in [-0.3, -0.25) is 14.5 Å². The molecule has 21 heavy (non-hydrogen) atoms. The van der Waals surface area contributed by atoms with Gasteiger partial charge < -0.3 is 16.0 Å². The number of hydrogen-bond donors (Lipinski definition) is 3. The van der Waals surface area contributed by atoms with Gasteiger partial charge in [-0.25, -0.2) is 0 Å². The molecule has 1 amide bonds. The molecule has 0 saturated carbocycles. The van der Waals surface area contributed by atoms with E-state index in [1.165, 1.54) is 0 Å². The Morgan fingerprint density at radius 1 is 1.33 bits per heavy atom. The number of nitrogens with zero attached hydrogens (tertiary/aromatic N) is 3. The van der Waals surface area contributed by atoms with Crippen LogP contribution in [0.15, 0.2) is 23.5 Å². The van der Waals surface area contributed by atoms with Crippen LogP contribution in [0.4, 0.5) is 0 Å². The van der Waals surface area contributed by atoms with E-state index < -0.39 is 0 Å². The van der Waals surface area contributed by atoms with Crippen LogP contribution in [0.1, 0.15) is 27.2 Å². The summed E-state index contributed by atoms with van der Waals surface area (Å²) in [5.74, 6) is 0.571. The molecule has 1 aromatic heterocycles. The van der Waals surface area contributed by atoms with Gasteiger partial charge in [-0.1, -0.05) is 0 Å². The smallest absolute Gasteiger partial charge is 0.239 e. The van der Waals surface area contributed by atoms with E-state index in [4.69, 9.17) is 0 Å². The molecule has 1 rings (SSSR count). The zero-order valence-electron chi connectivity index (χ0n) is 13.3. The fourth-order valence-corrected chi connectivity index (χ4v) is 1.73. The molecule has 0 spiro atoms. The molecule has 1 heterocycles. The van der Waals surface area contributed by atoms with Crippen molar-refractivity contribution in [2.24, 2.45) is 4.99 Å². The Morgan fingerprint density at radius 3 is 2.67 bits per heavy atom. The predicted octanol–water partition coefficient (Wildman–Crippen LogP) is 0.353. The van der Waals surface area contributed by atoms with Crippen molar-refractivity contribution in [2.75, 3.05) is 20.1 Å². The minimum Gasteiger partial charge on any atom is -0.356 e. The van der Waals surface area contributed by atoms with Gasteiger partial charge in [0.1, 0.15) is 0 Å². The average Bonchev–Trinajstić information content (AvgIpc) is 2.89. The summed E-state index contributed by atoms with van der Waals surface area (Å²) in [6, 6.07) is 1.90. The molecule has 0 bridgehead atoms. The van der Waals surface area contributed by atoms with Crippen molar-refractivity contribution in [1.82, 2.24) is 25.7 Å². The highest BCUT2D eigenvalue weighted by atomic mass is 16.2. The first kappa shape index (κ1) is 17.0. The minimum atomic E-state index is -0.223. The molecule has 0 fully saturated rings. The van der Waals surface area contributed by atoms with E-state index >= 15 is 0 Å². The van der Waals surface area contributed by atoms with Crippen molar-refractivity contribution in [2.45, 2.75) is 39.3 Å². The number of aliphatic imine (C=N–C) groups is 1. The molecular weight excluding hydrogens is 268 g/mol. The molecule has 0 atom stereocenters. The molecule has 0 saturated heterocycles. The number of amides is 1. The Bertz CT molecular complexity index is 447. The van der Waals surface area contributed by atoms with Crippen LogP contribution in [0.5, 0.6) is 0 Å². The summed E-state index contributed by atoms with van der Waals surface area (Å²) in [4.78, 5) is 15.8. The maximum Gasteiger partial charge on any atom is 0.239 e. The molecule has 0 aliphatic rings. The first-order valence-electron chi connectivity index (χ1n) is 7.13. The number of hydrogen-bond acceptors (Lipinski definition) is 3. The summed E-state index contributed by atoms with van der Waals surface area (Å²) in [6.07, 6.45) is 4.63. The fraction of sp³-hybridized carbons (Fsp3) is 0.643. The van der Waals surface area contributed by atoms with E-state index in [-0.39, 0.29) is 18.0 Å². The lowest BCUT2D eigenvalue weighted by atomic mass is 10.1. The molecule has 0 unspecified atom stereocenters. The molecular formula is C14H26N6O. The monoisotopic (exact) mass is 294 g/mol. The zero-order valence-corrected chi connectivity index (χ0v) is 13.3. The summed E-state index contributed by atoms with van der Waals surface area (Å²) in [5.41, 5.74) is -0.223. The van der Waals surface area contributed by atoms with Gasteiger partial charge in [-0.2, -0.15) is 5.10 Å². The highest BCUT2D eigenvalue weighted by molar-refractivity contribution is 5.86. The van der Waals surface area contributed by atoms with Crippen molar-refractivity contribution in [1.29, 1.82) is 0 Å². The summed E-state index contributed by atoms with van der Waals surface area (Å²) in [5, 5.41) is 13.2. The molecule has 0 aromatic carbocycles. The van der Waals surface area contributed by atoms with Crippen LogP contribution in [0.3, 0.4) is 0 Å². The van der Waals surface area contributed by atoms with Crippen LogP contribution in [0, 0.1) is 0 Å². The van der Waals surface area contributed by atoms with Crippen LogP contribution in [0.25, 0.3) is 0 Å². The van der Waals surface area contributed by atoms with E-state index in [1.54, 1.807) is 13.2 Å². The quantitative estimate of drug-likeness (QED) is 0.402. The second kappa shape index (κ2) is 8.28. The number of carbonyl (C=O) groups is 1. The van der Waals surface area contributed by atoms with Crippen LogP contribution in [-0.2, 0) is 11.3 Å². The van der Waals surface area contributed by atoms with Gasteiger partial charge in [0.2, 0.25) is 5.91 Å². The van der Waals surface area contributed by atoms with Crippen LogP contribution in [0.2, 0.25) is 0 Å². The van der Waals surface area contributed by atoms with Crippen molar-refractivity contribution in [3.63, 3.8) is 0 Å². The third-order valence-electron chi connectivity index (χ3n) is 2.57. The van der Waals surface area contributed by atoms with E-state index in [1.807, 2.05) is 37.7 Å².